The highest BCUT2D eigenvalue weighted by Crippen LogP contribution is 2.35. The number of sulfonamides is 1. The van der Waals surface area contributed by atoms with Crippen LogP contribution in [0.15, 0.2) is 71.9 Å². The van der Waals surface area contributed by atoms with Crippen molar-refractivity contribution in [2.24, 2.45) is 0 Å². The van der Waals surface area contributed by atoms with Gasteiger partial charge in [0.05, 0.1) is 10.6 Å². The highest BCUT2D eigenvalue weighted by Gasteiger charge is 2.31. The van der Waals surface area contributed by atoms with Crippen molar-refractivity contribution in [2.75, 3.05) is 10.8 Å². The molecule has 3 aromatic rings. The summed E-state index contributed by atoms with van der Waals surface area (Å²) in [7, 11) is -3.77. The van der Waals surface area contributed by atoms with Crippen molar-refractivity contribution in [2.45, 2.75) is 11.3 Å². The van der Waals surface area contributed by atoms with Gasteiger partial charge in [-0.05, 0) is 59.5 Å². The number of benzene rings is 2. The molecule has 0 spiro atoms. The standard InChI is InChI=1S/C19H15FN2O2S/c20-17-4-1-5-18(12-17)25(23,24)22-10-8-15-11-14(6-7-19(15)22)16-3-2-9-21-13-16/h1-7,9,11-13H,8,10H2. The fourth-order valence-electron chi connectivity index (χ4n) is 3.09. The van der Waals surface area contributed by atoms with Crippen LogP contribution in [0.4, 0.5) is 10.1 Å². The maximum absolute atomic E-state index is 13.4. The maximum atomic E-state index is 13.4. The Balaban J connectivity index is 1.73. The topological polar surface area (TPSA) is 50.3 Å². The molecule has 126 valence electrons. The Kier molecular flexibility index (Phi) is 3.77. The van der Waals surface area contributed by atoms with Crippen LogP contribution in [0.2, 0.25) is 0 Å². The first-order chi connectivity index (χ1) is 12.1. The molecule has 0 unspecified atom stereocenters. The monoisotopic (exact) mass is 354 g/mol. The number of nitrogens with zero attached hydrogens (tertiary/aromatic N) is 2. The second-order valence-corrected chi connectivity index (χ2v) is 7.73. The smallest absolute Gasteiger partial charge is 0.264 e. The summed E-state index contributed by atoms with van der Waals surface area (Å²) in [5.41, 5.74) is 3.59. The number of fused-ring (bicyclic) bond motifs is 1. The van der Waals surface area contributed by atoms with Crippen molar-refractivity contribution in [1.82, 2.24) is 4.98 Å². The van der Waals surface area contributed by atoms with Crippen molar-refractivity contribution in [3.8, 4) is 11.1 Å². The number of halogens is 1. The van der Waals surface area contributed by atoms with Crippen LogP contribution in [0.3, 0.4) is 0 Å². The van der Waals surface area contributed by atoms with E-state index >= 15 is 0 Å². The highest BCUT2D eigenvalue weighted by atomic mass is 32.2. The normalized spacial score (nSPS) is 13.7. The molecule has 1 aliphatic heterocycles. The third-order valence-corrected chi connectivity index (χ3v) is 6.12. The average Bonchev–Trinajstić information content (AvgIpc) is 3.06. The summed E-state index contributed by atoms with van der Waals surface area (Å²) in [5, 5.41) is 0. The van der Waals surface area contributed by atoms with E-state index in [0.717, 1.165) is 22.8 Å². The summed E-state index contributed by atoms with van der Waals surface area (Å²) in [4.78, 5) is 4.08. The largest absolute Gasteiger partial charge is 0.266 e. The molecule has 2 aromatic carbocycles. The molecular weight excluding hydrogens is 339 g/mol. The second-order valence-electron chi connectivity index (χ2n) is 5.87. The molecular formula is C19H15FN2O2S. The van der Waals surface area contributed by atoms with E-state index in [-0.39, 0.29) is 4.90 Å². The van der Waals surface area contributed by atoms with Crippen LogP contribution in [-0.2, 0) is 16.4 Å². The zero-order valence-corrected chi connectivity index (χ0v) is 14.1. The number of hydrogen-bond acceptors (Lipinski definition) is 3. The third kappa shape index (κ3) is 2.78. The minimum Gasteiger partial charge on any atom is -0.266 e. The van der Waals surface area contributed by atoms with Crippen LogP contribution in [-0.4, -0.2) is 19.9 Å². The Bertz CT molecular complexity index is 1040. The molecule has 1 aromatic heterocycles. The highest BCUT2D eigenvalue weighted by molar-refractivity contribution is 7.92. The van der Waals surface area contributed by atoms with E-state index in [9.17, 15) is 12.8 Å². The first kappa shape index (κ1) is 15.8. The minimum atomic E-state index is -3.77. The van der Waals surface area contributed by atoms with Crippen LogP contribution in [0.1, 0.15) is 5.56 Å². The number of pyridine rings is 1. The molecule has 6 heteroatoms. The Hall–Kier alpha value is -2.73. The molecule has 25 heavy (non-hydrogen) atoms. The number of hydrogen-bond donors (Lipinski definition) is 0. The first-order valence-corrected chi connectivity index (χ1v) is 9.31. The molecule has 0 aliphatic carbocycles. The van der Waals surface area contributed by atoms with E-state index in [4.69, 9.17) is 0 Å². The van der Waals surface area contributed by atoms with E-state index in [1.165, 1.54) is 22.5 Å². The molecule has 0 N–H and O–H groups in total. The summed E-state index contributed by atoms with van der Waals surface area (Å²) < 4.78 is 40.5. The van der Waals surface area contributed by atoms with Crippen LogP contribution in [0.25, 0.3) is 11.1 Å². The molecule has 0 fully saturated rings. The molecule has 2 heterocycles. The van der Waals surface area contributed by atoms with Crippen molar-refractivity contribution < 1.29 is 12.8 Å². The fraction of sp³-hybridized carbons (Fsp3) is 0.105. The summed E-state index contributed by atoms with van der Waals surface area (Å²) in [5.74, 6) is -0.563. The predicted octanol–water partition coefficient (Wildman–Crippen LogP) is 3.64. The van der Waals surface area contributed by atoms with Gasteiger partial charge < -0.3 is 0 Å². The molecule has 4 nitrogen and oxygen atoms in total. The van der Waals surface area contributed by atoms with Gasteiger partial charge in [0.15, 0.2) is 0 Å². The predicted molar refractivity (Wildman–Crippen MR) is 94.3 cm³/mol. The number of anilines is 1. The van der Waals surface area contributed by atoms with E-state index < -0.39 is 15.8 Å². The van der Waals surface area contributed by atoms with Gasteiger partial charge in [-0.3, -0.25) is 9.29 Å². The Morgan fingerprint density at radius 3 is 2.64 bits per heavy atom. The van der Waals surface area contributed by atoms with Gasteiger partial charge >= 0.3 is 0 Å². The second kappa shape index (κ2) is 5.97. The van der Waals surface area contributed by atoms with E-state index in [1.807, 2.05) is 30.3 Å². The lowest BCUT2D eigenvalue weighted by atomic mass is 10.0. The van der Waals surface area contributed by atoms with Gasteiger partial charge in [-0.1, -0.05) is 18.2 Å². The van der Waals surface area contributed by atoms with Crippen LogP contribution >= 0.6 is 0 Å². The lowest BCUT2D eigenvalue weighted by Gasteiger charge is -2.19. The van der Waals surface area contributed by atoms with Gasteiger partial charge in [-0.15, -0.1) is 0 Å². The van der Waals surface area contributed by atoms with Gasteiger partial charge in [0.25, 0.3) is 10.0 Å². The van der Waals surface area contributed by atoms with Crippen LogP contribution in [0.5, 0.6) is 0 Å². The maximum Gasteiger partial charge on any atom is 0.264 e. The first-order valence-electron chi connectivity index (χ1n) is 7.87. The van der Waals surface area contributed by atoms with Gasteiger partial charge in [0, 0.05) is 18.9 Å². The molecule has 0 saturated carbocycles. The Morgan fingerprint density at radius 2 is 1.88 bits per heavy atom. The third-order valence-electron chi connectivity index (χ3n) is 4.31. The van der Waals surface area contributed by atoms with Gasteiger partial charge in [0.1, 0.15) is 5.82 Å². The van der Waals surface area contributed by atoms with Gasteiger partial charge in [0.2, 0.25) is 0 Å². The summed E-state index contributed by atoms with van der Waals surface area (Å²) >= 11 is 0. The van der Waals surface area contributed by atoms with Crippen LogP contribution < -0.4 is 4.31 Å². The summed E-state index contributed by atoms with van der Waals surface area (Å²) in [6.45, 7) is 0.352. The number of aromatic nitrogens is 1. The van der Waals surface area contributed by atoms with Crippen molar-refractivity contribution in [1.29, 1.82) is 0 Å². The summed E-state index contributed by atoms with van der Waals surface area (Å²) in [6, 6.07) is 14.6. The molecule has 0 saturated heterocycles. The Labute approximate surface area is 145 Å². The lowest BCUT2D eigenvalue weighted by molar-refractivity contribution is 0.587. The molecule has 0 radical (unpaired) electrons. The average molecular weight is 354 g/mol. The van der Waals surface area contributed by atoms with Crippen molar-refractivity contribution in [3.63, 3.8) is 0 Å². The molecule has 4 rings (SSSR count). The van der Waals surface area contributed by atoms with Gasteiger partial charge in [-0.25, -0.2) is 12.8 Å². The van der Waals surface area contributed by atoms with E-state index in [1.54, 1.807) is 12.4 Å². The number of rotatable bonds is 3. The Morgan fingerprint density at radius 1 is 1.00 bits per heavy atom. The zero-order valence-electron chi connectivity index (χ0n) is 13.3. The fourth-order valence-corrected chi connectivity index (χ4v) is 4.62. The van der Waals surface area contributed by atoms with E-state index in [2.05, 4.69) is 4.98 Å². The molecule has 0 amide bonds. The van der Waals surface area contributed by atoms with Crippen LogP contribution in [0, 0.1) is 5.82 Å². The van der Waals surface area contributed by atoms with Gasteiger partial charge in [-0.2, -0.15) is 0 Å². The SMILES string of the molecule is O=S(=O)(c1cccc(F)c1)N1CCc2cc(-c3cccnc3)ccc21. The zero-order chi connectivity index (χ0) is 17.4. The van der Waals surface area contributed by atoms with Crippen molar-refractivity contribution in [3.05, 3.63) is 78.4 Å². The molecule has 0 bridgehead atoms. The minimum absolute atomic E-state index is 0.0308. The summed E-state index contributed by atoms with van der Waals surface area (Å²) in [6.07, 6.45) is 4.11. The van der Waals surface area contributed by atoms with Crippen molar-refractivity contribution >= 4 is 15.7 Å². The van der Waals surface area contributed by atoms with E-state index in [0.29, 0.717) is 18.7 Å². The quantitative estimate of drug-likeness (QED) is 0.722. The molecule has 0 atom stereocenters. The lowest BCUT2D eigenvalue weighted by Crippen LogP contribution is -2.29. The molecule has 1 aliphatic rings.